The molecule has 35 heavy (non-hydrogen) atoms. The van der Waals surface area contributed by atoms with E-state index in [2.05, 4.69) is 0 Å². The molecule has 1 saturated carbocycles. The number of carbonyl (C=O) groups is 2. The number of fused-ring (bicyclic) bond motifs is 1. The van der Waals surface area contributed by atoms with Crippen LogP contribution in [-0.4, -0.2) is 39.4 Å². The lowest BCUT2D eigenvalue weighted by molar-refractivity contribution is 0.0707. The van der Waals surface area contributed by atoms with Gasteiger partial charge in [0.15, 0.2) is 5.78 Å². The summed E-state index contributed by atoms with van der Waals surface area (Å²) in [5.74, 6) is 0.940. The average molecular weight is 514 g/mol. The Labute approximate surface area is 212 Å². The van der Waals surface area contributed by atoms with E-state index in [-0.39, 0.29) is 23.9 Å². The van der Waals surface area contributed by atoms with Crippen LogP contribution in [0.15, 0.2) is 47.3 Å². The van der Waals surface area contributed by atoms with Crippen molar-refractivity contribution in [2.75, 3.05) is 13.7 Å². The summed E-state index contributed by atoms with van der Waals surface area (Å²) in [4.78, 5) is 41.8. The van der Waals surface area contributed by atoms with E-state index in [0.29, 0.717) is 63.9 Å². The number of hydrogen-bond donors (Lipinski definition) is 0. The quantitative estimate of drug-likeness (QED) is 0.417. The maximum Gasteiger partial charge on any atom is 0.333 e. The highest BCUT2D eigenvalue weighted by molar-refractivity contribution is 6.42. The fraction of sp³-hybridized carbons (Fsp3) is 0.346. The first kappa shape index (κ1) is 23.7. The number of nitrogens with zero attached hydrogens (tertiary/aromatic N) is 3. The van der Waals surface area contributed by atoms with Gasteiger partial charge in [-0.05, 0) is 54.8 Å². The Kier molecular flexibility index (Phi) is 6.47. The van der Waals surface area contributed by atoms with Crippen molar-refractivity contribution in [3.05, 3.63) is 79.9 Å². The van der Waals surface area contributed by atoms with Crippen molar-refractivity contribution in [2.24, 2.45) is 5.92 Å². The van der Waals surface area contributed by atoms with Crippen LogP contribution in [-0.2, 0) is 13.1 Å². The van der Waals surface area contributed by atoms with E-state index in [9.17, 15) is 14.4 Å². The van der Waals surface area contributed by atoms with Crippen LogP contribution in [0.4, 0.5) is 0 Å². The van der Waals surface area contributed by atoms with Gasteiger partial charge in [-0.25, -0.2) is 4.79 Å². The molecule has 1 aromatic heterocycles. The number of ketones is 1. The summed E-state index contributed by atoms with van der Waals surface area (Å²) in [7, 11) is 1.57. The van der Waals surface area contributed by atoms with Crippen molar-refractivity contribution in [1.82, 2.24) is 14.0 Å². The van der Waals surface area contributed by atoms with Crippen molar-refractivity contribution in [1.29, 1.82) is 0 Å². The number of ether oxygens (including phenoxy) is 1. The van der Waals surface area contributed by atoms with Crippen molar-refractivity contribution in [2.45, 2.75) is 38.8 Å². The van der Waals surface area contributed by atoms with E-state index < -0.39 is 0 Å². The summed E-state index contributed by atoms with van der Waals surface area (Å²) in [5, 5.41) is 0.670. The van der Waals surface area contributed by atoms with Gasteiger partial charge in [-0.3, -0.25) is 18.7 Å². The van der Waals surface area contributed by atoms with E-state index in [1.807, 2.05) is 0 Å². The molecular formula is C26H25Cl2N3O4. The van der Waals surface area contributed by atoms with Gasteiger partial charge < -0.3 is 9.64 Å². The Balaban J connectivity index is 1.53. The molecule has 0 unspecified atom stereocenters. The van der Waals surface area contributed by atoms with Gasteiger partial charge in [-0.1, -0.05) is 36.0 Å². The minimum atomic E-state index is -0.276. The van der Waals surface area contributed by atoms with E-state index in [1.165, 1.54) is 10.6 Å². The minimum absolute atomic E-state index is 0.0811. The Morgan fingerprint density at radius 1 is 1.03 bits per heavy atom. The molecule has 1 fully saturated rings. The molecule has 3 aromatic rings. The molecule has 0 saturated heterocycles. The van der Waals surface area contributed by atoms with Crippen LogP contribution in [0.1, 0.15) is 52.2 Å². The van der Waals surface area contributed by atoms with Crippen LogP contribution in [0.25, 0.3) is 5.69 Å². The van der Waals surface area contributed by atoms with Gasteiger partial charge in [0, 0.05) is 25.1 Å². The molecule has 5 rings (SSSR count). The lowest BCUT2D eigenvalue weighted by atomic mass is 10.1. The van der Waals surface area contributed by atoms with Crippen molar-refractivity contribution in [3.63, 3.8) is 0 Å². The van der Waals surface area contributed by atoms with Gasteiger partial charge in [0.05, 0.1) is 35.1 Å². The number of carbonyl (C=O) groups excluding carboxylic acids is 2. The Hall–Kier alpha value is -3.03. The van der Waals surface area contributed by atoms with Gasteiger partial charge >= 0.3 is 5.69 Å². The molecule has 1 aliphatic heterocycles. The number of amides is 1. The van der Waals surface area contributed by atoms with E-state index >= 15 is 0 Å². The first-order valence-electron chi connectivity index (χ1n) is 11.6. The molecule has 0 radical (unpaired) electrons. The highest BCUT2D eigenvalue weighted by atomic mass is 35.5. The zero-order valence-electron chi connectivity index (χ0n) is 19.3. The summed E-state index contributed by atoms with van der Waals surface area (Å²) in [6, 6.07) is 11.8. The Morgan fingerprint density at radius 2 is 1.77 bits per heavy atom. The standard InChI is InChI=1S/C26H25Cl2N3O4/c1-35-19-8-6-18(7-9-19)31-24(23(32)11-4-16-2-3-16)22-15-29(12-13-30(22)26(31)34)25(33)17-5-10-20(27)21(28)14-17/h5-10,14,16H,2-4,11-13,15H2,1H3. The van der Waals surface area contributed by atoms with Gasteiger partial charge in [-0.2, -0.15) is 0 Å². The highest BCUT2D eigenvalue weighted by Gasteiger charge is 2.33. The predicted octanol–water partition coefficient (Wildman–Crippen LogP) is 4.98. The van der Waals surface area contributed by atoms with E-state index in [0.717, 1.165) is 19.3 Å². The maximum absolute atomic E-state index is 13.5. The Bertz CT molecular complexity index is 1360. The molecule has 2 heterocycles. The van der Waals surface area contributed by atoms with Crippen LogP contribution in [0.2, 0.25) is 10.0 Å². The third-order valence-corrected chi connectivity index (χ3v) is 7.44. The summed E-state index contributed by atoms with van der Waals surface area (Å²) >= 11 is 12.1. The number of benzene rings is 2. The van der Waals surface area contributed by atoms with Crippen LogP contribution in [0.5, 0.6) is 5.75 Å². The number of rotatable bonds is 7. The van der Waals surface area contributed by atoms with Gasteiger partial charge in [0.2, 0.25) is 0 Å². The first-order chi connectivity index (χ1) is 16.9. The third kappa shape index (κ3) is 4.62. The van der Waals surface area contributed by atoms with Gasteiger partial charge in [-0.15, -0.1) is 0 Å². The number of Topliss-reactive ketones (excluding diaryl/α,β-unsaturated/α-hetero) is 1. The fourth-order valence-corrected chi connectivity index (χ4v) is 4.86. The zero-order chi connectivity index (χ0) is 24.7. The lowest BCUT2D eigenvalue weighted by Gasteiger charge is -2.28. The number of halogens is 2. The van der Waals surface area contributed by atoms with E-state index in [4.69, 9.17) is 27.9 Å². The second kappa shape index (κ2) is 9.55. The van der Waals surface area contributed by atoms with Crippen LogP contribution in [0.3, 0.4) is 0 Å². The van der Waals surface area contributed by atoms with Crippen LogP contribution >= 0.6 is 23.2 Å². The second-order valence-corrected chi connectivity index (χ2v) is 9.84. The average Bonchev–Trinajstić information content (AvgIpc) is 3.66. The molecule has 0 spiro atoms. The number of imidazole rings is 1. The summed E-state index contributed by atoms with van der Waals surface area (Å²) in [5.41, 5.74) is 1.64. The zero-order valence-corrected chi connectivity index (χ0v) is 20.8. The monoisotopic (exact) mass is 513 g/mol. The number of methoxy groups -OCH3 is 1. The molecule has 2 aliphatic rings. The summed E-state index contributed by atoms with van der Waals surface area (Å²) in [6.45, 7) is 0.795. The largest absolute Gasteiger partial charge is 0.497 e. The molecule has 1 amide bonds. The number of aromatic nitrogens is 2. The topological polar surface area (TPSA) is 73.5 Å². The molecule has 182 valence electrons. The van der Waals surface area contributed by atoms with Crippen molar-refractivity contribution < 1.29 is 14.3 Å². The number of hydrogen-bond acceptors (Lipinski definition) is 4. The van der Waals surface area contributed by atoms with Crippen LogP contribution < -0.4 is 10.4 Å². The Morgan fingerprint density at radius 3 is 2.43 bits per heavy atom. The third-order valence-electron chi connectivity index (χ3n) is 6.70. The fourth-order valence-electron chi connectivity index (χ4n) is 4.56. The molecule has 7 nitrogen and oxygen atoms in total. The maximum atomic E-state index is 13.5. The van der Waals surface area contributed by atoms with Crippen LogP contribution in [0, 0.1) is 5.92 Å². The van der Waals surface area contributed by atoms with Crippen molar-refractivity contribution in [3.8, 4) is 11.4 Å². The van der Waals surface area contributed by atoms with E-state index in [1.54, 1.807) is 53.0 Å². The minimum Gasteiger partial charge on any atom is -0.497 e. The molecule has 1 aliphatic carbocycles. The first-order valence-corrected chi connectivity index (χ1v) is 12.4. The van der Waals surface area contributed by atoms with Gasteiger partial charge in [0.1, 0.15) is 11.4 Å². The summed E-state index contributed by atoms with van der Waals surface area (Å²) < 4.78 is 8.34. The molecular weight excluding hydrogens is 489 g/mol. The highest BCUT2D eigenvalue weighted by Crippen LogP contribution is 2.34. The van der Waals surface area contributed by atoms with Gasteiger partial charge in [0.25, 0.3) is 5.91 Å². The molecule has 0 N–H and O–H groups in total. The van der Waals surface area contributed by atoms with Crippen molar-refractivity contribution >= 4 is 34.9 Å². The molecule has 0 bridgehead atoms. The normalized spacial score (nSPS) is 15.1. The predicted molar refractivity (Wildman–Crippen MR) is 134 cm³/mol. The molecule has 2 aromatic carbocycles. The lowest BCUT2D eigenvalue weighted by Crippen LogP contribution is -2.41. The SMILES string of the molecule is COc1ccc(-n2c(C(=O)CCC3CC3)c3n(c2=O)CCN(C(=O)c2ccc(Cl)c(Cl)c2)C3)cc1. The smallest absolute Gasteiger partial charge is 0.333 e. The molecule has 9 heteroatoms. The molecule has 0 atom stereocenters. The second-order valence-electron chi connectivity index (χ2n) is 9.02. The summed E-state index contributed by atoms with van der Waals surface area (Å²) in [6.07, 6.45) is 3.49.